The maximum atomic E-state index is 13.0. The number of nitrogens with zero attached hydrogens (tertiary/aromatic N) is 1. The Morgan fingerprint density at radius 1 is 0.930 bits per heavy atom. The van der Waals surface area contributed by atoms with Gasteiger partial charge in [-0.15, -0.1) is 0 Å². The normalized spacial score (nSPS) is 13.6. The summed E-state index contributed by atoms with van der Waals surface area (Å²) in [6.45, 7) is 1.00. The summed E-state index contributed by atoms with van der Waals surface area (Å²) >= 11 is 6.74. The van der Waals surface area contributed by atoms with E-state index in [0.29, 0.717) is 34.5 Å². The number of thioether (sulfide) groups is 1. The molecule has 0 aromatic heterocycles. The molecule has 2 N–H and O–H groups in total. The molecule has 0 saturated carbocycles. The fourth-order valence-corrected chi connectivity index (χ4v) is 4.89. The van der Waals surface area contributed by atoms with Crippen LogP contribution in [0.15, 0.2) is 71.6 Å². The van der Waals surface area contributed by atoms with Crippen LogP contribution < -0.4 is 20.1 Å². The van der Waals surface area contributed by atoms with Crippen LogP contribution in [0, 0.1) is 0 Å². The number of para-hydroxylation sites is 1. The number of methoxy groups -OCH3 is 1. The second kappa shape index (κ2) is 14.4. The molecule has 0 spiro atoms. The number of hydrogen-bond donors (Lipinski definition) is 2. The summed E-state index contributed by atoms with van der Waals surface area (Å²) in [6, 6.07) is 18.0. The van der Waals surface area contributed by atoms with Crippen molar-refractivity contribution in [3.8, 4) is 11.5 Å². The third kappa shape index (κ3) is 8.15. The molecule has 3 aromatic rings. The molecular weight excluding hydrogens is 598 g/mol. The second-order valence-electron chi connectivity index (χ2n) is 8.84. The molecule has 0 bridgehead atoms. The van der Waals surface area contributed by atoms with E-state index in [1.165, 1.54) is 31.4 Å². The summed E-state index contributed by atoms with van der Waals surface area (Å²) in [5, 5.41) is 4.80. The molecule has 11 nitrogen and oxygen atoms in total. The Bertz CT molecular complexity index is 1600. The molecule has 13 heteroatoms. The van der Waals surface area contributed by atoms with Gasteiger partial charge in [0.25, 0.3) is 17.1 Å². The van der Waals surface area contributed by atoms with E-state index < -0.39 is 29.6 Å². The van der Waals surface area contributed by atoms with Crippen molar-refractivity contribution in [3.63, 3.8) is 0 Å². The van der Waals surface area contributed by atoms with Gasteiger partial charge in [-0.05, 0) is 72.8 Å². The molecule has 43 heavy (non-hydrogen) atoms. The Hall–Kier alpha value is -4.81. The first kappa shape index (κ1) is 31.1. The number of amides is 4. The average Bonchev–Trinajstić information content (AvgIpc) is 3.25. The first-order valence-corrected chi connectivity index (χ1v) is 14.1. The highest BCUT2D eigenvalue weighted by atomic mass is 35.5. The minimum atomic E-state index is -0.653. The number of esters is 1. The number of carbonyl (C=O) groups is 5. The zero-order valence-corrected chi connectivity index (χ0v) is 24.6. The molecule has 4 amide bonds. The lowest BCUT2D eigenvalue weighted by molar-refractivity contribution is -0.127. The van der Waals surface area contributed by atoms with Gasteiger partial charge in [0.1, 0.15) is 6.54 Å². The summed E-state index contributed by atoms with van der Waals surface area (Å²) in [6.07, 6.45) is 1.49. The van der Waals surface area contributed by atoms with Crippen molar-refractivity contribution >= 4 is 69.7 Å². The summed E-state index contributed by atoms with van der Waals surface area (Å²) in [7, 11) is 1.43. The molecule has 1 fully saturated rings. The van der Waals surface area contributed by atoms with Gasteiger partial charge < -0.3 is 24.8 Å². The molecule has 0 atom stereocenters. The third-order valence-corrected chi connectivity index (χ3v) is 7.06. The summed E-state index contributed by atoms with van der Waals surface area (Å²) in [5.41, 5.74) is 1.48. The van der Waals surface area contributed by atoms with Crippen molar-refractivity contribution in [2.45, 2.75) is 6.92 Å². The van der Waals surface area contributed by atoms with Gasteiger partial charge in [0.2, 0.25) is 5.91 Å². The summed E-state index contributed by atoms with van der Waals surface area (Å²) < 4.78 is 15.9. The van der Waals surface area contributed by atoms with Gasteiger partial charge in [-0.1, -0.05) is 35.9 Å². The largest absolute Gasteiger partial charge is 0.493 e. The van der Waals surface area contributed by atoms with Crippen LogP contribution in [-0.4, -0.2) is 60.7 Å². The van der Waals surface area contributed by atoms with Crippen LogP contribution in [-0.2, 0) is 19.1 Å². The Morgan fingerprint density at radius 3 is 2.40 bits per heavy atom. The third-order valence-electron chi connectivity index (χ3n) is 5.82. The fourth-order valence-electron chi connectivity index (χ4n) is 3.86. The summed E-state index contributed by atoms with van der Waals surface area (Å²) in [4.78, 5) is 63.4. The van der Waals surface area contributed by atoms with Crippen molar-refractivity contribution in [3.05, 3.63) is 87.8 Å². The molecule has 4 rings (SSSR count). The Morgan fingerprint density at radius 2 is 1.67 bits per heavy atom. The number of anilines is 2. The van der Waals surface area contributed by atoms with Crippen LogP contribution in [0.3, 0.4) is 0 Å². The van der Waals surface area contributed by atoms with E-state index in [1.807, 2.05) is 6.07 Å². The van der Waals surface area contributed by atoms with Gasteiger partial charge in [0.05, 0.1) is 29.2 Å². The highest BCUT2D eigenvalue weighted by Crippen LogP contribution is 2.34. The Labute approximate surface area is 256 Å². The quantitative estimate of drug-likeness (QED) is 0.217. The van der Waals surface area contributed by atoms with Gasteiger partial charge in [-0.25, -0.2) is 4.79 Å². The van der Waals surface area contributed by atoms with E-state index in [2.05, 4.69) is 10.6 Å². The van der Waals surface area contributed by atoms with E-state index in [-0.39, 0.29) is 40.3 Å². The monoisotopic (exact) mass is 623 g/mol. The smallest absolute Gasteiger partial charge is 0.339 e. The Kier molecular flexibility index (Phi) is 10.4. The average molecular weight is 624 g/mol. The topological polar surface area (TPSA) is 140 Å². The number of rotatable bonds is 11. The number of benzene rings is 3. The first-order chi connectivity index (χ1) is 20.7. The number of halogens is 1. The molecule has 1 aliphatic rings. The standard InChI is InChI=1S/C30H26ClN3O8S/c1-3-41-29(38)21-15-20(10-11-22(21)31)33-26(35)16-34-28(37)25(43-30(34)39)14-18-9-12-23(24(13-18)40-2)42-17-27(36)32-19-7-5-4-6-8-19/h4-15H,3,16-17H2,1-2H3,(H,32,36)(H,33,35)/b25-14-. The molecule has 3 aromatic carbocycles. The molecule has 0 unspecified atom stereocenters. The van der Waals surface area contributed by atoms with Crippen LogP contribution in [0.4, 0.5) is 16.2 Å². The molecular formula is C30H26ClN3O8S. The lowest BCUT2D eigenvalue weighted by atomic mass is 10.2. The van der Waals surface area contributed by atoms with Gasteiger partial charge in [0, 0.05) is 11.4 Å². The molecule has 0 aliphatic carbocycles. The minimum Gasteiger partial charge on any atom is -0.493 e. The van der Waals surface area contributed by atoms with Crippen molar-refractivity contribution in [1.29, 1.82) is 0 Å². The van der Waals surface area contributed by atoms with E-state index >= 15 is 0 Å². The number of nitrogens with one attached hydrogen (secondary N) is 2. The minimum absolute atomic E-state index is 0.0673. The van der Waals surface area contributed by atoms with Crippen LogP contribution >= 0.6 is 23.4 Å². The van der Waals surface area contributed by atoms with Gasteiger partial charge in [-0.3, -0.25) is 24.1 Å². The maximum absolute atomic E-state index is 13.0. The van der Waals surface area contributed by atoms with Crippen molar-refractivity contribution in [2.75, 3.05) is 37.5 Å². The zero-order chi connectivity index (χ0) is 30.9. The van der Waals surface area contributed by atoms with E-state index in [0.717, 1.165) is 4.90 Å². The predicted octanol–water partition coefficient (Wildman–Crippen LogP) is 5.22. The van der Waals surface area contributed by atoms with Crippen molar-refractivity contribution < 1.29 is 38.2 Å². The van der Waals surface area contributed by atoms with Gasteiger partial charge >= 0.3 is 5.97 Å². The summed E-state index contributed by atoms with van der Waals surface area (Å²) in [5.74, 6) is -1.69. The van der Waals surface area contributed by atoms with Gasteiger partial charge in [0.15, 0.2) is 18.1 Å². The predicted molar refractivity (Wildman–Crippen MR) is 162 cm³/mol. The van der Waals surface area contributed by atoms with Crippen LogP contribution in [0.2, 0.25) is 5.02 Å². The van der Waals surface area contributed by atoms with Crippen molar-refractivity contribution in [2.24, 2.45) is 0 Å². The number of hydrogen-bond acceptors (Lipinski definition) is 9. The zero-order valence-electron chi connectivity index (χ0n) is 23.0. The van der Waals surface area contributed by atoms with Crippen LogP contribution in [0.25, 0.3) is 6.08 Å². The highest BCUT2D eigenvalue weighted by molar-refractivity contribution is 8.18. The molecule has 222 valence electrons. The van der Waals surface area contributed by atoms with Crippen LogP contribution in [0.1, 0.15) is 22.8 Å². The number of ether oxygens (including phenoxy) is 3. The second-order valence-corrected chi connectivity index (χ2v) is 10.2. The van der Waals surface area contributed by atoms with E-state index in [1.54, 1.807) is 49.4 Å². The maximum Gasteiger partial charge on any atom is 0.339 e. The van der Waals surface area contributed by atoms with E-state index in [4.69, 9.17) is 25.8 Å². The number of imide groups is 1. The molecule has 1 saturated heterocycles. The molecule has 0 radical (unpaired) electrons. The van der Waals surface area contributed by atoms with Gasteiger partial charge in [-0.2, -0.15) is 0 Å². The lowest BCUT2D eigenvalue weighted by Gasteiger charge is -2.13. The van der Waals surface area contributed by atoms with Crippen molar-refractivity contribution in [1.82, 2.24) is 4.90 Å². The highest BCUT2D eigenvalue weighted by Gasteiger charge is 2.36. The van der Waals surface area contributed by atoms with E-state index in [9.17, 15) is 24.0 Å². The number of carbonyl (C=O) groups excluding carboxylic acids is 5. The molecule has 1 aliphatic heterocycles. The molecule has 1 heterocycles. The lowest BCUT2D eigenvalue weighted by Crippen LogP contribution is -2.36. The Balaban J connectivity index is 1.38. The fraction of sp³-hybridized carbons (Fsp3) is 0.167. The SMILES string of the molecule is CCOC(=O)c1cc(NC(=O)CN2C(=O)S/C(=C\c3ccc(OCC(=O)Nc4ccccc4)c(OC)c3)C2=O)ccc1Cl. The van der Waals surface area contributed by atoms with Crippen LogP contribution in [0.5, 0.6) is 11.5 Å². The first-order valence-electron chi connectivity index (χ1n) is 12.9.